The molecule has 1 aliphatic carbocycles. The molecular weight excluding hydrogens is 331 g/mol. The molecule has 1 unspecified atom stereocenters. The minimum Gasteiger partial charge on any atom is -0.354 e. The average molecular weight is 349 g/mol. The number of rotatable bonds is 5. The quantitative estimate of drug-likeness (QED) is 0.887. The number of carbonyl (C=O) groups is 1. The predicted molar refractivity (Wildman–Crippen MR) is 79.7 cm³/mol. The van der Waals surface area contributed by atoms with E-state index < -0.39 is 38.1 Å². The fourth-order valence-electron chi connectivity index (χ4n) is 2.33. The van der Waals surface area contributed by atoms with Crippen molar-refractivity contribution in [1.29, 1.82) is 0 Å². The van der Waals surface area contributed by atoms with Crippen molar-refractivity contribution >= 4 is 15.7 Å². The number of carbonyl (C=O) groups excluding carboxylic acids is 1. The zero-order chi connectivity index (χ0) is 17.5. The molecule has 128 valence electrons. The predicted octanol–water partition coefficient (Wildman–Crippen LogP) is 2.29. The maximum atomic E-state index is 12.6. The summed E-state index contributed by atoms with van der Waals surface area (Å²) in [6.07, 6.45) is -1.91. The van der Waals surface area contributed by atoms with Gasteiger partial charge in [0.15, 0.2) is 9.84 Å². The maximum Gasteiger partial charge on any atom is 0.416 e. The summed E-state index contributed by atoms with van der Waals surface area (Å²) in [5, 5.41) is 1.45. The van der Waals surface area contributed by atoms with Crippen LogP contribution in [0.4, 0.5) is 13.2 Å². The van der Waals surface area contributed by atoms with Crippen molar-refractivity contribution in [3.05, 3.63) is 35.4 Å². The molecule has 23 heavy (non-hydrogen) atoms. The molecule has 8 heteroatoms. The van der Waals surface area contributed by atoms with Crippen molar-refractivity contribution in [3.63, 3.8) is 0 Å². The van der Waals surface area contributed by atoms with E-state index in [1.165, 1.54) is 19.1 Å². The number of hydrogen-bond donors (Lipinski definition) is 1. The summed E-state index contributed by atoms with van der Waals surface area (Å²) in [5.74, 6) is -0.592. The minimum atomic E-state index is -4.38. The molecule has 1 fully saturated rings. The lowest BCUT2D eigenvalue weighted by Crippen LogP contribution is -2.41. The lowest BCUT2D eigenvalue weighted by atomic mass is 9.94. The Bertz CT molecular complexity index is 692. The Labute approximate surface area is 133 Å². The van der Waals surface area contributed by atoms with Crippen LogP contribution in [0, 0.1) is 0 Å². The molecule has 0 saturated heterocycles. The lowest BCUT2D eigenvalue weighted by Gasteiger charge is -2.19. The topological polar surface area (TPSA) is 63.2 Å². The Morgan fingerprint density at radius 2 is 1.78 bits per heavy atom. The molecule has 1 saturated carbocycles. The van der Waals surface area contributed by atoms with Crippen LogP contribution in [0.25, 0.3) is 0 Å². The van der Waals surface area contributed by atoms with E-state index in [1.807, 2.05) is 0 Å². The van der Waals surface area contributed by atoms with Crippen LogP contribution in [0.5, 0.6) is 0 Å². The van der Waals surface area contributed by atoms with Gasteiger partial charge in [-0.05, 0) is 37.5 Å². The van der Waals surface area contributed by atoms with Crippen molar-refractivity contribution in [2.45, 2.75) is 36.6 Å². The van der Waals surface area contributed by atoms with Gasteiger partial charge in [0.05, 0.1) is 5.56 Å². The van der Waals surface area contributed by atoms with Gasteiger partial charge in [0.2, 0.25) is 5.91 Å². The number of alkyl halides is 3. The molecule has 1 aromatic carbocycles. The molecule has 0 radical (unpaired) electrons. The van der Waals surface area contributed by atoms with E-state index >= 15 is 0 Å². The third kappa shape index (κ3) is 4.04. The van der Waals surface area contributed by atoms with Crippen LogP contribution in [0.2, 0.25) is 0 Å². The standard InChI is InChI=1S/C15H18F3NO3S/c1-10(23(2,21)22)13(20)19-9-14(7-8-14)11-3-5-12(6-4-11)15(16,17)18/h3-6,10H,7-9H2,1-2H3,(H,19,20). The van der Waals surface area contributed by atoms with Crippen LogP contribution in [-0.4, -0.2) is 32.4 Å². The molecule has 1 amide bonds. The molecule has 2 rings (SSSR count). The van der Waals surface area contributed by atoms with Crippen molar-refractivity contribution < 1.29 is 26.4 Å². The first-order valence-corrected chi connectivity index (χ1v) is 9.05. The van der Waals surface area contributed by atoms with Crippen molar-refractivity contribution in [3.8, 4) is 0 Å². The molecule has 1 N–H and O–H groups in total. The molecule has 0 heterocycles. The van der Waals surface area contributed by atoms with Gasteiger partial charge in [0.25, 0.3) is 0 Å². The van der Waals surface area contributed by atoms with Crippen molar-refractivity contribution in [1.82, 2.24) is 5.32 Å². The third-order valence-electron chi connectivity index (χ3n) is 4.29. The first-order valence-electron chi connectivity index (χ1n) is 7.10. The van der Waals surface area contributed by atoms with Gasteiger partial charge in [-0.2, -0.15) is 13.2 Å². The Balaban J connectivity index is 2.05. The molecule has 0 bridgehead atoms. The lowest BCUT2D eigenvalue weighted by molar-refractivity contribution is -0.137. The third-order valence-corrected chi connectivity index (χ3v) is 5.79. The highest BCUT2D eigenvalue weighted by molar-refractivity contribution is 7.92. The zero-order valence-corrected chi connectivity index (χ0v) is 13.6. The number of amides is 1. The summed E-state index contributed by atoms with van der Waals surface area (Å²) in [4.78, 5) is 11.8. The zero-order valence-electron chi connectivity index (χ0n) is 12.8. The van der Waals surface area contributed by atoms with Crippen LogP contribution in [0.3, 0.4) is 0 Å². The van der Waals surface area contributed by atoms with Gasteiger partial charge < -0.3 is 5.32 Å². The number of hydrogen-bond acceptors (Lipinski definition) is 3. The highest BCUT2D eigenvalue weighted by Crippen LogP contribution is 2.48. The van der Waals surface area contributed by atoms with Gasteiger partial charge >= 0.3 is 6.18 Å². The van der Waals surface area contributed by atoms with E-state index in [0.29, 0.717) is 0 Å². The Morgan fingerprint density at radius 3 is 2.17 bits per heavy atom. The van der Waals surface area contributed by atoms with E-state index in [4.69, 9.17) is 0 Å². The van der Waals surface area contributed by atoms with E-state index in [9.17, 15) is 26.4 Å². The average Bonchev–Trinajstić information content (AvgIpc) is 3.23. The van der Waals surface area contributed by atoms with Gasteiger partial charge in [-0.25, -0.2) is 8.42 Å². The Kier molecular flexibility index (Phi) is 4.49. The van der Waals surface area contributed by atoms with Crippen LogP contribution in [0.15, 0.2) is 24.3 Å². The van der Waals surface area contributed by atoms with Crippen LogP contribution in [0.1, 0.15) is 30.9 Å². The van der Waals surface area contributed by atoms with Crippen molar-refractivity contribution in [2.24, 2.45) is 0 Å². The molecule has 0 aromatic heterocycles. The summed E-state index contributed by atoms with van der Waals surface area (Å²) in [6.45, 7) is 1.53. The number of nitrogens with one attached hydrogen (secondary N) is 1. The second kappa shape index (κ2) is 5.81. The maximum absolute atomic E-state index is 12.6. The highest BCUT2D eigenvalue weighted by atomic mass is 32.2. The number of halogens is 3. The second-order valence-corrected chi connectivity index (χ2v) is 8.41. The van der Waals surface area contributed by atoms with Crippen molar-refractivity contribution in [2.75, 3.05) is 12.8 Å². The summed E-state index contributed by atoms with van der Waals surface area (Å²) in [7, 11) is -3.47. The normalized spacial score (nSPS) is 18.3. The molecular formula is C15H18F3NO3S. The first-order chi connectivity index (χ1) is 10.5. The van der Waals surface area contributed by atoms with Gasteiger partial charge in [-0.1, -0.05) is 12.1 Å². The fraction of sp³-hybridized carbons (Fsp3) is 0.533. The second-order valence-electron chi connectivity index (χ2n) is 6.04. The smallest absolute Gasteiger partial charge is 0.354 e. The molecule has 0 aliphatic heterocycles. The van der Waals surface area contributed by atoms with Gasteiger partial charge in [-0.15, -0.1) is 0 Å². The molecule has 4 nitrogen and oxygen atoms in total. The van der Waals surface area contributed by atoms with Crippen LogP contribution in [-0.2, 0) is 26.2 Å². The molecule has 1 atom stereocenters. The number of sulfone groups is 1. The van der Waals surface area contributed by atoms with E-state index in [-0.39, 0.29) is 6.54 Å². The largest absolute Gasteiger partial charge is 0.416 e. The monoisotopic (exact) mass is 349 g/mol. The molecule has 1 aliphatic rings. The minimum absolute atomic E-state index is 0.219. The van der Waals surface area contributed by atoms with Crippen LogP contribution < -0.4 is 5.32 Å². The number of benzene rings is 1. The van der Waals surface area contributed by atoms with Crippen LogP contribution >= 0.6 is 0 Å². The first kappa shape index (κ1) is 17.8. The van der Waals surface area contributed by atoms with E-state index in [2.05, 4.69) is 5.32 Å². The summed E-state index contributed by atoms with van der Waals surface area (Å²) in [6, 6.07) is 4.89. The molecule has 0 spiro atoms. The van der Waals surface area contributed by atoms with Gasteiger partial charge in [0, 0.05) is 18.2 Å². The summed E-state index contributed by atoms with van der Waals surface area (Å²) < 4.78 is 60.4. The SMILES string of the molecule is CC(C(=O)NCC1(c2ccc(C(F)(F)F)cc2)CC1)S(C)(=O)=O. The Morgan fingerprint density at radius 1 is 1.26 bits per heavy atom. The van der Waals surface area contributed by atoms with E-state index in [0.717, 1.165) is 36.8 Å². The highest BCUT2D eigenvalue weighted by Gasteiger charge is 2.45. The summed E-state index contributed by atoms with van der Waals surface area (Å²) in [5.41, 5.74) is -0.388. The Hall–Kier alpha value is -1.57. The fourth-order valence-corrected chi connectivity index (χ4v) is 2.80. The van der Waals surface area contributed by atoms with E-state index in [1.54, 1.807) is 0 Å². The van der Waals surface area contributed by atoms with Gasteiger partial charge in [0.1, 0.15) is 5.25 Å². The molecule has 1 aromatic rings. The van der Waals surface area contributed by atoms with Gasteiger partial charge in [-0.3, -0.25) is 4.79 Å². The summed E-state index contributed by atoms with van der Waals surface area (Å²) >= 11 is 0.